The zero-order valence-corrected chi connectivity index (χ0v) is 11.5. The zero-order chi connectivity index (χ0) is 13.4. The molecule has 1 aromatic carbocycles. The molecule has 3 nitrogen and oxygen atoms in total. The van der Waals surface area contributed by atoms with Crippen LogP contribution in [-0.4, -0.2) is 11.7 Å². The van der Waals surface area contributed by atoms with Gasteiger partial charge in [-0.3, -0.25) is 0 Å². The lowest BCUT2D eigenvalue weighted by molar-refractivity contribution is 0.0495. The Bertz CT molecular complexity index is 439. The lowest BCUT2D eigenvalue weighted by Gasteiger charge is -2.23. The smallest absolute Gasteiger partial charge is 0.408 e. The maximum absolute atomic E-state index is 11.8. The number of rotatable bonds is 2. The molecule has 0 radical (unpaired) electrons. The van der Waals surface area contributed by atoms with E-state index in [4.69, 9.17) is 4.74 Å². The number of hydrogen-bond donors (Lipinski definition) is 1. The van der Waals surface area contributed by atoms with E-state index in [1.807, 2.05) is 20.8 Å². The number of aryl methyl sites for hydroxylation is 1. The number of benzene rings is 1. The summed E-state index contributed by atoms with van der Waals surface area (Å²) in [6, 6.07) is 8.32. The summed E-state index contributed by atoms with van der Waals surface area (Å²) in [4.78, 5) is 11.8. The Morgan fingerprint density at radius 2 is 1.78 bits per heavy atom. The molecular formula is C15H21NO2. The van der Waals surface area contributed by atoms with Crippen LogP contribution < -0.4 is 5.32 Å². The first kappa shape index (κ1) is 12.9. The van der Waals surface area contributed by atoms with Crippen molar-refractivity contribution in [2.45, 2.75) is 51.7 Å². The fourth-order valence-electron chi connectivity index (χ4n) is 1.98. The zero-order valence-electron chi connectivity index (χ0n) is 11.5. The molecule has 0 unspecified atom stereocenters. The molecule has 0 aromatic heterocycles. The molecule has 1 aliphatic carbocycles. The lowest BCUT2D eigenvalue weighted by atomic mass is 10.0. The van der Waals surface area contributed by atoms with Gasteiger partial charge in [0.2, 0.25) is 0 Å². The Morgan fingerprint density at radius 1 is 1.22 bits per heavy atom. The van der Waals surface area contributed by atoms with E-state index in [1.54, 1.807) is 0 Å². The number of hydrogen-bond acceptors (Lipinski definition) is 2. The van der Waals surface area contributed by atoms with E-state index in [0.29, 0.717) is 0 Å². The Labute approximate surface area is 109 Å². The van der Waals surface area contributed by atoms with Crippen LogP contribution in [-0.2, 0) is 10.3 Å². The van der Waals surface area contributed by atoms with Gasteiger partial charge in [0.05, 0.1) is 5.54 Å². The molecule has 1 amide bonds. The van der Waals surface area contributed by atoms with E-state index in [2.05, 4.69) is 36.5 Å². The standard InChI is InChI=1S/C15H21NO2/c1-11-5-7-12(8-6-11)15(9-10-15)16-13(17)18-14(2,3)4/h5-8H,9-10H2,1-4H3,(H,16,17). The minimum absolute atomic E-state index is 0.198. The average molecular weight is 247 g/mol. The maximum Gasteiger partial charge on any atom is 0.408 e. The summed E-state index contributed by atoms with van der Waals surface area (Å²) in [6.45, 7) is 7.68. The van der Waals surface area contributed by atoms with E-state index in [1.165, 1.54) is 11.1 Å². The fourth-order valence-corrected chi connectivity index (χ4v) is 1.98. The third kappa shape index (κ3) is 3.03. The van der Waals surface area contributed by atoms with Crippen molar-refractivity contribution < 1.29 is 9.53 Å². The van der Waals surface area contributed by atoms with Crippen LogP contribution in [0.4, 0.5) is 4.79 Å². The van der Waals surface area contributed by atoms with Gasteiger partial charge in [-0.05, 0) is 46.1 Å². The Hall–Kier alpha value is -1.51. The largest absolute Gasteiger partial charge is 0.444 e. The van der Waals surface area contributed by atoms with Gasteiger partial charge < -0.3 is 10.1 Å². The van der Waals surface area contributed by atoms with Gasteiger partial charge >= 0.3 is 6.09 Å². The van der Waals surface area contributed by atoms with Crippen molar-refractivity contribution in [1.29, 1.82) is 0 Å². The highest BCUT2D eigenvalue weighted by atomic mass is 16.6. The minimum Gasteiger partial charge on any atom is -0.444 e. The van der Waals surface area contributed by atoms with Crippen LogP contribution in [0.1, 0.15) is 44.7 Å². The summed E-state index contributed by atoms with van der Waals surface area (Å²) in [6.07, 6.45) is 1.63. The first-order valence-corrected chi connectivity index (χ1v) is 6.39. The quantitative estimate of drug-likeness (QED) is 0.868. The molecule has 0 heterocycles. The van der Waals surface area contributed by atoms with Crippen molar-refractivity contribution in [2.24, 2.45) is 0 Å². The maximum atomic E-state index is 11.8. The molecular weight excluding hydrogens is 226 g/mol. The molecule has 2 rings (SSSR count). The second kappa shape index (κ2) is 4.30. The van der Waals surface area contributed by atoms with Gasteiger partial charge in [0.1, 0.15) is 5.60 Å². The predicted molar refractivity (Wildman–Crippen MR) is 71.5 cm³/mol. The van der Waals surface area contributed by atoms with E-state index in [-0.39, 0.29) is 11.6 Å². The number of alkyl carbamates (subject to hydrolysis) is 1. The topological polar surface area (TPSA) is 38.3 Å². The highest BCUT2D eigenvalue weighted by molar-refractivity contribution is 5.70. The molecule has 0 bridgehead atoms. The van der Waals surface area contributed by atoms with Gasteiger partial charge in [-0.25, -0.2) is 4.79 Å². The van der Waals surface area contributed by atoms with E-state index >= 15 is 0 Å². The first-order chi connectivity index (χ1) is 8.31. The molecule has 0 saturated heterocycles. The predicted octanol–water partition coefficient (Wildman–Crippen LogP) is 3.51. The van der Waals surface area contributed by atoms with Crippen molar-refractivity contribution in [3.8, 4) is 0 Å². The summed E-state index contributed by atoms with van der Waals surface area (Å²) in [5, 5.41) is 3.00. The molecule has 3 heteroatoms. The molecule has 1 saturated carbocycles. The number of carbonyl (C=O) groups is 1. The van der Waals surface area contributed by atoms with Crippen molar-refractivity contribution >= 4 is 6.09 Å². The molecule has 1 aromatic rings. The minimum atomic E-state index is -0.451. The highest BCUT2D eigenvalue weighted by Gasteiger charge is 2.46. The second-order valence-electron chi connectivity index (χ2n) is 6.08. The van der Waals surface area contributed by atoms with Gasteiger partial charge in [0.25, 0.3) is 0 Å². The average Bonchev–Trinajstić information content (AvgIpc) is 2.96. The lowest BCUT2D eigenvalue weighted by Crippen LogP contribution is -2.39. The van der Waals surface area contributed by atoms with Gasteiger partial charge in [0.15, 0.2) is 0 Å². The first-order valence-electron chi connectivity index (χ1n) is 6.39. The third-order valence-corrected chi connectivity index (χ3v) is 3.09. The normalized spacial score (nSPS) is 17.1. The van der Waals surface area contributed by atoms with E-state index in [9.17, 15) is 4.79 Å². The van der Waals surface area contributed by atoms with E-state index < -0.39 is 5.60 Å². The number of nitrogens with one attached hydrogen (secondary N) is 1. The van der Waals surface area contributed by atoms with Gasteiger partial charge in [-0.2, -0.15) is 0 Å². The van der Waals surface area contributed by atoms with E-state index in [0.717, 1.165) is 12.8 Å². The summed E-state index contributed by atoms with van der Waals surface area (Å²) < 4.78 is 5.31. The number of ether oxygens (including phenoxy) is 1. The van der Waals surface area contributed by atoms with Crippen LogP contribution in [0.3, 0.4) is 0 Å². The second-order valence-corrected chi connectivity index (χ2v) is 6.08. The summed E-state index contributed by atoms with van der Waals surface area (Å²) in [5.41, 5.74) is 1.74. The van der Waals surface area contributed by atoms with Crippen molar-refractivity contribution in [2.75, 3.05) is 0 Å². The molecule has 1 N–H and O–H groups in total. The van der Waals surface area contributed by atoms with Crippen LogP contribution in [0, 0.1) is 6.92 Å². The molecule has 18 heavy (non-hydrogen) atoms. The SMILES string of the molecule is Cc1ccc(C2(NC(=O)OC(C)(C)C)CC2)cc1. The van der Waals surface area contributed by atoms with Crippen LogP contribution in [0.2, 0.25) is 0 Å². The van der Waals surface area contributed by atoms with Crippen molar-refractivity contribution in [3.05, 3.63) is 35.4 Å². The third-order valence-electron chi connectivity index (χ3n) is 3.09. The van der Waals surface area contributed by atoms with Crippen LogP contribution in [0.15, 0.2) is 24.3 Å². The Balaban J connectivity index is 2.04. The van der Waals surface area contributed by atoms with Crippen LogP contribution in [0.5, 0.6) is 0 Å². The molecule has 98 valence electrons. The van der Waals surface area contributed by atoms with Gasteiger partial charge in [0, 0.05) is 0 Å². The van der Waals surface area contributed by atoms with Crippen LogP contribution >= 0.6 is 0 Å². The van der Waals surface area contributed by atoms with Crippen molar-refractivity contribution in [1.82, 2.24) is 5.32 Å². The van der Waals surface area contributed by atoms with Gasteiger partial charge in [-0.1, -0.05) is 29.8 Å². The summed E-state index contributed by atoms with van der Waals surface area (Å²) in [5.74, 6) is 0. The fraction of sp³-hybridized carbons (Fsp3) is 0.533. The number of amides is 1. The molecule has 0 spiro atoms. The van der Waals surface area contributed by atoms with Crippen LogP contribution in [0.25, 0.3) is 0 Å². The Kier molecular flexibility index (Phi) is 3.09. The molecule has 0 aliphatic heterocycles. The van der Waals surface area contributed by atoms with Crippen molar-refractivity contribution in [3.63, 3.8) is 0 Å². The number of carbonyl (C=O) groups excluding carboxylic acids is 1. The molecule has 0 atom stereocenters. The molecule has 1 aliphatic rings. The molecule has 1 fully saturated rings. The monoisotopic (exact) mass is 247 g/mol. The summed E-state index contributed by atoms with van der Waals surface area (Å²) in [7, 11) is 0. The Morgan fingerprint density at radius 3 is 2.22 bits per heavy atom. The van der Waals surface area contributed by atoms with Gasteiger partial charge in [-0.15, -0.1) is 0 Å². The summed E-state index contributed by atoms with van der Waals surface area (Å²) >= 11 is 0. The highest BCUT2D eigenvalue weighted by Crippen LogP contribution is 2.45.